The molecule has 0 bridgehead atoms. The summed E-state index contributed by atoms with van der Waals surface area (Å²) in [5, 5.41) is 4.19. The third-order valence-corrected chi connectivity index (χ3v) is 5.70. The largest absolute Gasteiger partial charge is 0.369 e. The van der Waals surface area contributed by atoms with Gasteiger partial charge in [0.05, 0.1) is 17.7 Å². The molecule has 1 aliphatic heterocycles. The summed E-state index contributed by atoms with van der Waals surface area (Å²) in [6, 6.07) is 18.5. The van der Waals surface area contributed by atoms with Gasteiger partial charge in [-0.2, -0.15) is 0 Å². The number of aromatic nitrogens is 1. The molecule has 0 aliphatic carbocycles. The van der Waals surface area contributed by atoms with Gasteiger partial charge < -0.3 is 10.2 Å². The molecule has 150 valence electrons. The zero-order chi connectivity index (χ0) is 20.2. The van der Waals surface area contributed by atoms with Crippen LogP contribution in [0.4, 0.5) is 11.4 Å². The van der Waals surface area contributed by atoms with Crippen molar-refractivity contribution in [1.29, 1.82) is 0 Å². The number of amides is 1. The van der Waals surface area contributed by atoms with Crippen molar-refractivity contribution in [1.82, 2.24) is 9.88 Å². The van der Waals surface area contributed by atoms with Gasteiger partial charge in [-0.3, -0.25) is 14.7 Å². The Bertz CT molecular complexity index is 994. The van der Waals surface area contributed by atoms with Crippen molar-refractivity contribution >= 4 is 28.2 Å². The van der Waals surface area contributed by atoms with E-state index in [0.29, 0.717) is 6.54 Å². The van der Waals surface area contributed by atoms with Crippen molar-refractivity contribution in [3.63, 3.8) is 0 Å². The number of nitrogens with one attached hydrogen (secondary N) is 1. The Morgan fingerprint density at radius 1 is 1.00 bits per heavy atom. The number of nitrogens with zero attached hydrogens (tertiary/aromatic N) is 3. The van der Waals surface area contributed by atoms with Crippen LogP contribution in [0, 0.1) is 6.92 Å². The zero-order valence-electron chi connectivity index (χ0n) is 17.2. The molecule has 1 aliphatic rings. The molecule has 2 heterocycles. The van der Waals surface area contributed by atoms with Gasteiger partial charge >= 0.3 is 0 Å². The molecule has 3 aromatic rings. The van der Waals surface area contributed by atoms with Gasteiger partial charge in [-0.25, -0.2) is 0 Å². The van der Waals surface area contributed by atoms with Crippen molar-refractivity contribution in [2.24, 2.45) is 0 Å². The maximum atomic E-state index is 12.8. The number of fused-ring (bicyclic) bond motifs is 1. The maximum Gasteiger partial charge on any atom is 0.238 e. The molecule has 4 rings (SSSR count). The van der Waals surface area contributed by atoms with E-state index in [2.05, 4.69) is 46.3 Å². The Kier molecular flexibility index (Phi) is 5.76. The normalized spacial score (nSPS) is 14.9. The van der Waals surface area contributed by atoms with E-state index in [1.54, 1.807) is 0 Å². The standard InChI is InChI=1S/C24H28N4O/c1-3-21-18(2)24(20-11-7-8-12-22(20)25-21)26-23(29)17-27-13-15-28(16-14-27)19-9-5-4-6-10-19/h4-12H,3,13-17H2,1-2H3,(H,25,26,29). The quantitative estimate of drug-likeness (QED) is 0.721. The minimum absolute atomic E-state index is 0.0414. The molecule has 0 radical (unpaired) electrons. The summed E-state index contributed by atoms with van der Waals surface area (Å²) in [7, 11) is 0. The summed E-state index contributed by atoms with van der Waals surface area (Å²) < 4.78 is 0. The van der Waals surface area contributed by atoms with E-state index >= 15 is 0 Å². The molecule has 1 amide bonds. The highest BCUT2D eigenvalue weighted by atomic mass is 16.2. The monoisotopic (exact) mass is 388 g/mol. The first-order valence-corrected chi connectivity index (χ1v) is 10.4. The van der Waals surface area contributed by atoms with Gasteiger partial charge in [0.25, 0.3) is 0 Å². The minimum atomic E-state index is 0.0414. The van der Waals surface area contributed by atoms with Gasteiger partial charge in [0.15, 0.2) is 0 Å². The zero-order valence-corrected chi connectivity index (χ0v) is 17.2. The van der Waals surface area contributed by atoms with Crippen LogP contribution in [0.15, 0.2) is 54.6 Å². The number of pyridine rings is 1. The van der Waals surface area contributed by atoms with E-state index in [-0.39, 0.29) is 5.91 Å². The molecule has 1 N–H and O–H groups in total. The van der Waals surface area contributed by atoms with Crippen LogP contribution in [0.2, 0.25) is 0 Å². The van der Waals surface area contributed by atoms with Crippen molar-refractivity contribution in [3.05, 3.63) is 65.9 Å². The van der Waals surface area contributed by atoms with Crippen molar-refractivity contribution in [2.75, 3.05) is 42.9 Å². The van der Waals surface area contributed by atoms with Crippen LogP contribution < -0.4 is 10.2 Å². The molecule has 1 aromatic heterocycles. The second kappa shape index (κ2) is 8.62. The van der Waals surface area contributed by atoms with E-state index in [1.807, 2.05) is 37.3 Å². The summed E-state index contributed by atoms with van der Waals surface area (Å²) in [6.07, 6.45) is 0.848. The number of hydrogen-bond acceptors (Lipinski definition) is 4. The van der Waals surface area contributed by atoms with Crippen molar-refractivity contribution < 1.29 is 4.79 Å². The molecule has 0 spiro atoms. The average Bonchev–Trinajstić information content (AvgIpc) is 2.76. The fourth-order valence-electron chi connectivity index (χ4n) is 4.05. The van der Waals surface area contributed by atoms with Gasteiger partial charge in [-0.15, -0.1) is 0 Å². The van der Waals surface area contributed by atoms with E-state index in [1.165, 1.54) is 5.69 Å². The molecule has 1 saturated heterocycles. The number of rotatable bonds is 5. The summed E-state index contributed by atoms with van der Waals surface area (Å²) >= 11 is 0. The van der Waals surface area contributed by atoms with Gasteiger partial charge in [0.1, 0.15) is 0 Å². The van der Waals surface area contributed by atoms with Crippen LogP contribution in [-0.2, 0) is 11.2 Å². The summed E-state index contributed by atoms with van der Waals surface area (Å²) in [6.45, 7) is 8.22. The van der Waals surface area contributed by atoms with E-state index in [0.717, 1.165) is 60.4 Å². The van der Waals surface area contributed by atoms with Gasteiger partial charge in [-0.1, -0.05) is 43.3 Å². The molecule has 2 aromatic carbocycles. The average molecular weight is 389 g/mol. The Morgan fingerprint density at radius 3 is 2.41 bits per heavy atom. The second-order valence-electron chi connectivity index (χ2n) is 7.58. The van der Waals surface area contributed by atoms with Gasteiger partial charge in [-0.05, 0) is 37.1 Å². The first-order valence-electron chi connectivity index (χ1n) is 10.4. The van der Waals surface area contributed by atoms with Crippen LogP contribution in [0.1, 0.15) is 18.2 Å². The number of hydrogen-bond donors (Lipinski definition) is 1. The highest BCUT2D eigenvalue weighted by molar-refractivity contribution is 6.03. The number of carbonyl (C=O) groups is 1. The molecule has 0 atom stereocenters. The first-order chi connectivity index (χ1) is 14.2. The van der Waals surface area contributed by atoms with Crippen molar-refractivity contribution in [2.45, 2.75) is 20.3 Å². The fraction of sp³-hybridized carbons (Fsp3) is 0.333. The van der Waals surface area contributed by atoms with E-state index < -0.39 is 0 Å². The Balaban J connectivity index is 1.43. The van der Waals surface area contributed by atoms with E-state index in [9.17, 15) is 4.79 Å². The molecular weight excluding hydrogens is 360 g/mol. The van der Waals surface area contributed by atoms with Crippen LogP contribution in [0.25, 0.3) is 10.9 Å². The molecule has 0 saturated carbocycles. The number of para-hydroxylation sites is 2. The third-order valence-electron chi connectivity index (χ3n) is 5.70. The highest BCUT2D eigenvalue weighted by Crippen LogP contribution is 2.28. The topological polar surface area (TPSA) is 48.5 Å². The lowest BCUT2D eigenvalue weighted by molar-refractivity contribution is -0.117. The van der Waals surface area contributed by atoms with Crippen LogP contribution >= 0.6 is 0 Å². The van der Waals surface area contributed by atoms with Crippen molar-refractivity contribution in [3.8, 4) is 0 Å². The predicted molar refractivity (Wildman–Crippen MR) is 120 cm³/mol. The minimum Gasteiger partial charge on any atom is -0.369 e. The van der Waals surface area contributed by atoms with Gasteiger partial charge in [0.2, 0.25) is 5.91 Å². The van der Waals surface area contributed by atoms with Crippen LogP contribution in [-0.4, -0.2) is 48.5 Å². The number of anilines is 2. The predicted octanol–water partition coefficient (Wildman–Crippen LogP) is 3.87. The number of carbonyl (C=O) groups excluding carboxylic acids is 1. The molecule has 29 heavy (non-hydrogen) atoms. The summed E-state index contributed by atoms with van der Waals surface area (Å²) in [5.41, 5.74) is 5.19. The molecule has 5 nitrogen and oxygen atoms in total. The Morgan fingerprint density at radius 2 is 1.69 bits per heavy atom. The smallest absolute Gasteiger partial charge is 0.238 e. The van der Waals surface area contributed by atoms with Crippen LogP contribution in [0.3, 0.4) is 0 Å². The lowest BCUT2D eigenvalue weighted by atomic mass is 10.1. The second-order valence-corrected chi connectivity index (χ2v) is 7.58. The summed E-state index contributed by atoms with van der Waals surface area (Å²) in [5.74, 6) is 0.0414. The molecule has 1 fully saturated rings. The lowest BCUT2D eigenvalue weighted by Crippen LogP contribution is -2.48. The SMILES string of the molecule is CCc1nc2ccccc2c(NC(=O)CN2CCN(c3ccccc3)CC2)c1C. The number of benzene rings is 2. The maximum absolute atomic E-state index is 12.8. The highest BCUT2D eigenvalue weighted by Gasteiger charge is 2.20. The lowest BCUT2D eigenvalue weighted by Gasteiger charge is -2.35. The molecule has 0 unspecified atom stereocenters. The Hall–Kier alpha value is -2.92. The molecular formula is C24H28N4O. The van der Waals surface area contributed by atoms with Gasteiger partial charge in [0, 0.05) is 42.9 Å². The van der Waals surface area contributed by atoms with Crippen LogP contribution in [0.5, 0.6) is 0 Å². The summed E-state index contributed by atoms with van der Waals surface area (Å²) in [4.78, 5) is 22.2. The third kappa shape index (κ3) is 4.25. The fourth-order valence-corrected chi connectivity index (χ4v) is 4.05. The number of piperazine rings is 1. The first kappa shape index (κ1) is 19.4. The Labute approximate surface area is 172 Å². The molecule has 5 heteroatoms. The van der Waals surface area contributed by atoms with E-state index in [4.69, 9.17) is 4.98 Å². The number of aryl methyl sites for hydroxylation is 1.